The van der Waals surface area contributed by atoms with Crippen LogP contribution in [0.5, 0.6) is 0 Å². The van der Waals surface area contributed by atoms with Crippen molar-refractivity contribution in [1.82, 2.24) is 15.1 Å². The maximum absolute atomic E-state index is 12.7. The van der Waals surface area contributed by atoms with Crippen molar-refractivity contribution < 1.29 is 9.59 Å². The third kappa shape index (κ3) is 3.70. The summed E-state index contributed by atoms with van der Waals surface area (Å²) in [6.07, 6.45) is 5.60. The summed E-state index contributed by atoms with van der Waals surface area (Å²) >= 11 is 0. The van der Waals surface area contributed by atoms with E-state index in [-0.39, 0.29) is 11.9 Å². The van der Waals surface area contributed by atoms with Gasteiger partial charge >= 0.3 is 6.03 Å². The maximum Gasteiger partial charge on any atom is 0.317 e. The zero-order chi connectivity index (χ0) is 17.9. The van der Waals surface area contributed by atoms with Crippen molar-refractivity contribution in [3.05, 3.63) is 29.8 Å². The number of hydrogen-bond donors (Lipinski definition) is 1. The summed E-state index contributed by atoms with van der Waals surface area (Å²) in [5.41, 5.74) is 2.32. The molecule has 0 spiro atoms. The van der Waals surface area contributed by atoms with Crippen LogP contribution in [0, 0.1) is 0 Å². The van der Waals surface area contributed by atoms with Gasteiger partial charge in [0.1, 0.15) is 0 Å². The second-order valence-corrected chi connectivity index (χ2v) is 7.62. The zero-order valence-electron chi connectivity index (χ0n) is 15.3. The SMILES string of the molecule is O=C(NC1CCCC1)N1CCN(CC(=O)N2CCc3ccccc32)CC1. The summed E-state index contributed by atoms with van der Waals surface area (Å²) in [6.45, 7) is 4.14. The van der Waals surface area contributed by atoms with Crippen LogP contribution < -0.4 is 10.2 Å². The number of amides is 3. The Morgan fingerprint density at radius 3 is 2.50 bits per heavy atom. The average molecular weight is 356 g/mol. The molecule has 3 amide bonds. The van der Waals surface area contributed by atoms with Crippen molar-refractivity contribution in [2.45, 2.75) is 38.1 Å². The second kappa shape index (κ2) is 7.66. The molecule has 1 N–H and O–H groups in total. The average Bonchev–Trinajstić information content (AvgIpc) is 3.31. The second-order valence-electron chi connectivity index (χ2n) is 7.62. The van der Waals surface area contributed by atoms with Gasteiger partial charge in [-0.3, -0.25) is 9.69 Å². The normalized spacial score (nSPS) is 21.1. The molecule has 1 aromatic rings. The Morgan fingerprint density at radius 1 is 1.00 bits per heavy atom. The Kier molecular flexibility index (Phi) is 5.11. The Balaban J connectivity index is 1.25. The molecular weight excluding hydrogens is 328 g/mol. The molecule has 6 nitrogen and oxygen atoms in total. The van der Waals surface area contributed by atoms with Gasteiger partial charge < -0.3 is 15.1 Å². The van der Waals surface area contributed by atoms with Gasteiger partial charge in [-0.2, -0.15) is 0 Å². The Bertz CT molecular complexity index is 664. The topological polar surface area (TPSA) is 55.9 Å². The molecule has 2 aliphatic heterocycles. The number of piperazine rings is 1. The fourth-order valence-corrected chi connectivity index (χ4v) is 4.32. The van der Waals surface area contributed by atoms with Gasteiger partial charge in [-0.1, -0.05) is 31.0 Å². The molecule has 0 atom stereocenters. The molecule has 3 aliphatic rings. The van der Waals surface area contributed by atoms with E-state index in [2.05, 4.69) is 16.3 Å². The summed E-state index contributed by atoms with van der Waals surface area (Å²) in [6, 6.07) is 8.58. The van der Waals surface area contributed by atoms with Crippen molar-refractivity contribution in [2.75, 3.05) is 44.2 Å². The van der Waals surface area contributed by atoms with E-state index in [1.807, 2.05) is 28.0 Å². The molecule has 4 rings (SSSR count). The molecule has 0 unspecified atom stereocenters. The quantitative estimate of drug-likeness (QED) is 0.899. The lowest BCUT2D eigenvalue weighted by Gasteiger charge is -2.35. The molecule has 1 aromatic carbocycles. The van der Waals surface area contributed by atoms with Crippen LogP contribution in [-0.2, 0) is 11.2 Å². The predicted octanol–water partition coefficient (Wildman–Crippen LogP) is 1.85. The van der Waals surface area contributed by atoms with E-state index in [0.717, 1.165) is 44.6 Å². The molecule has 6 heteroatoms. The minimum Gasteiger partial charge on any atom is -0.335 e. The third-order valence-electron chi connectivity index (χ3n) is 5.89. The molecule has 0 radical (unpaired) electrons. The molecule has 0 aromatic heterocycles. The number of carbonyl (C=O) groups excluding carboxylic acids is 2. The summed E-state index contributed by atoms with van der Waals surface area (Å²) in [5, 5.41) is 3.15. The number of carbonyl (C=O) groups is 2. The molecule has 2 fully saturated rings. The number of fused-ring (bicyclic) bond motifs is 1. The van der Waals surface area contributed by atoms with Gasteiger partial charge in [0.15, 0.2) is 0 Å². The monoisotopic (exact) mass is 356 g/mol. The van der Waals surface area contributed by atoms with Crippen molar-refractivity contribution in [3.8, 4) is 0 Å². The minimum absolute atomic E-state index is 0.0661. The van der Waals surface area contributed by atoms with Gasteiger partial charge in [-0.05, 0) is 30.9 Å². The maximum atomic E-state index is 12.7. The number of nitrogens with one attached hydrogen (secondary N) is 1. The zero-order valence-corrected chi connectivity index (χ0v) is 15.3. The molecule has 26 heavy (non-hydrogen) atoms. The molecule has 0 bridgehead atoms. The van der Waals surface area contributed by atoms with Crippen LogP contribution in [0.3, 0.4) is 0 Å². The van der Waals surface area contributed by atoms with Crippen LogP contribution in [0.25, 0.3) is 0 Å². The molecule has 2 heterocycles. The van der Waals surface area contributed by atoms with Crippen molar-refractivity contribution in [2.24, 2.45) is 0 Å². The van der Waals surface area contributed by atoms with E-state index in [1.165, 1.54) is 18.4 Å². The van der Waals surface area contributed by atoms with Gasteiger partial charge in [0.05, 0.1) is 6.54 Å². The van der Waals surface area contributed by atoms with E-state index < -0.39 is 0 Å². The lowest BCUT2D eigenvalue weighted by Crippen LogP contribution is -2.54. The van der Waals surface area contributed by atoms with E-state index >= 15 is 0 Å². The smallest absolute Gasteiger partial charge is 0.317 e. The van der Waals surface area contributed by atoms with Crippen molar-refractivity contribution in [1.29, 1.82) is 0 Å². The number of para-hydroxylation sites is 1. The lowest BCUT2D eigenvalue weighted by molar-refractivity contribution is -0.120. The highest BCUT2D eigenvalue weighted by molar-refractivity contribution is 5.96. The number of nitrogens with zero attached hydrogens (tertiary/aromatic N) is 3. The Labute approximate surface area is 155 Å². The number of rotatable bonds is 3. The van der Waals surface area contributed by atoms with Gasteiger partial charge in [-0.15, -0.1) is 0 Å². The Hall–Kier alpha value is -2.08. The van der Waals surface area contributed by atoms with Gasteiger partial charge in [0.25, 0.3) is 0 Å². The van der Waals surface area contributed by atoms with E-state index in [4.69, 9.17) is 0 Å². The van der Waals surface area contributed by atoms with Crippen LogP contribution in [0.4, 0.5) is 10.5 Å². The summed E-state index contributed by atoms with van der Waals surface area (Å²) in [7, 11) is 0. The van der Waals surface area contributed by atoms with Gasteiger partial charge in [0, 0.05) is 44.5 Å². The highest BCUT2D eigenvalue weighted by atomic mass is 16.2. The van der Waals surface area contributed by atoms with E-state index in [0.29, 0.717) is 25.7 Å². The number of urea groups is 1. The first-order valence-electron chi connectivity index (χ1n) is 9.87. The highest BCUT2D eigenvalue weighted by Crippen LogP contribution is 2.27. The van der Waals surface area contributed by atoms with Crippen LogP contribution >= 0.6 is 0 Å². The van der Waals surface area contributed by atoms with Crippen LogP contribution in [0.2, 0.25) is 0 Å². The lowest BCUT2D eigenvalue weighted by atomic mass is 10.2. The molecule has 140 valence electrons. The summed E-state index contributed by atoms with van der Waals surface area (Å²) < 4.78 is 0. The third-order valence-corrected chi connectivity index (χ3v) is 5.89. The van der Waals surface area contributed by atoms with Crippen LogP contribution in [0.15, 0.2) is 24.3 Å². The molecule has 1 saturated heterocycles. The fraction of sp³-hybridized carbons (Fsp3) is 0.600. The molecular formula is C20H28N4O2. The first-order chi connectivity index (χ1) is 12.7. The van der Waals surface area contributed by atoms with Gasteiger partial charge in [-0.25, -0.2) is 4.79 Å². The van der Waals surface area contributed by atoms with E-state index in [9.17, 15) is 9.59 Å². The number of benzene rings is 1. The van der Waals surface area contributed by atoms with E-state index in [1.54, 1.807) is 0 Å². The number of hydrogen-bond acceptors (Lipinski definition) is 3. The largest absolute Gasteiger partial charge is 0.335 e. The van der Waals surface area contributed by atoms with Crippen molar-refractivity contribution >= 4 is 17.6 Å². The van der Waals surface area contributed by atoms with Gasteiger partial charge in [0.2, 0.25) is 5.91 Å². The first-order valence-corrected chi connectivity index (χ1v) is 9.87. The standard InChI is InChI=1S/C20H28N4O2/c25-19(24-10-9-16-5-1-4-8-18(16)24)15-22-11-13-23(14-12-22)20(26)21-17-6-2-3-7-17/h1,4-5,8,17H,2-3,6-7,9-15H2,(H,21,26). The summed E-state index contributed by atoms with van der Waals surface area (Å²) in [4.78, 5) is 31.0. The first kappa shape index (κ1) is 17.3. The predicted molar refractivity (Wildman–Crippen MR) is 101 cm³/mol. The number of anilines is 1. The van der Waals surface area contributed by atoms with Crippen LogP contribution in [-0.4, -0.2) is 67.0 Å². The fourth-order valence-electron chi connectivity index (χ4n) is 4.32. The van der Waals surface area contributed by atoms with Crippen LogP contribution in [0.1, 0.15) is 31.2 Å². The molecule has 1 aliphatic carbocycles. The molecule has 1 saturated carbocycles. The minimum atomic E-state index is 0.0661. The summed E-state index contributed by atoms with van der Waals surface area (Å²) in [5.74, 6) is 0.166. The van der Waals surface area contributed by atoms with Crippen molar-refractivity contribution in [3.63, 3.8) is 0 Å². The Morgan fingerprint density at radius 2 is 1.73 bits per heavy atom. The highest BCUT2D eigenvalue weighted by Gasteiger charge is 2.28.